The molecule has 2 aliphatic heterocycles. The minimum Gasteiger partial charge on any atom is -0.493 e. The maximum absolute atomic E-state index is 12.9. The smallest absolute Gasteiger partial charge is 0.170 e. The Morgan fingerprint density at radius 1 is 1.47 bits per heavy atom. The van der Waals surface area contributed by atoms with Crippen LogP contribution in [0, 0.1) is 5.41 Å². The Kier molecular flexibility index (Phi) is 3.31. The Morgan fingerprint density at radius 3 is 3.11 bits per heavy atom. The maximum atomic E-state index is 12.9. The fourth-order valence-electron chi connectivity index (χ4n) is 3.26. The van der Waals surface area contributed by atoms with E-state index in [-0.39, 0.29) is 5.41 Å². The summed E-state index contributed by atoms with van der Waals surface area (Å²) in [4.78, 5) is 12.9. The van der Waals surface area contributed by atoms with Crippen molar-refractivity contribution in [2.45, 2.75) is 32.6 Å². The molecule has 0 saturated carbocycles. The highest BCUT2D eigenvalue weighted by atomic mass is 16.5. The molecule has 0 bridgehead atoms. The molecule has 1 saturated heterocycles. The lowest BCUT2D eigenvalue weighted by molar-refractivity contribution is 0.0730. The van der Waals surface area contributed by atoms with Crippen molar-refractivity contribution < 1.29 is 9.53 Å². The molecule has 1 unspecified atom stereocenters. The third-order valence-electron chi connectivity index (χ3n) is 4.58. The molecule has 0 radical (unpaired) electrons. The monoisotopic (exact) mass is 259 g/mol. The van der Waals surface area contributed by atoms with Gasteiger partial charge in [-0.15, -0.1) is 0 Å². The van der Waals surface area contributed by atoms with Crippen LogP contribution in [-0.2, 0) is 6.42 Å². The number of carbonyl (C=O) groups excluding carboxylic acids is 1. The van der Waals surface area contributed by atoms with Gasteiger partial charge in [-0.05, 0) is 49.6 Å². The molecule has 1 aromatic carbocycles. The van der Waals surface area contributed by atoms with Crippen molar-refractivity contribution in [3.05, 3.63) is 29.3 Å². The fourth-order valence-corrected chi connectivity index (χ4v) is 3.26. The summed E-state index contributed by atoms with van der Waals surface area (Å²) in [5.41, 5.74) is 1.84. The molecule has 19 heavy (non-hydrogen) atoms. The Bertz CT molecular complexity index is 490. The number of hydrogen-bond donors (Lipinski definition) is 1. The number of ether oxygens (including phenoxy) is 1. The quantitative estimate of drug-likeness (QED) is 0.848. The van der Waals surface area contributed by atoms with Crippen molar-refractivity contribution in [1.82, 2.24) is 5.32 Å². The number of fused-ring (bicyclic) bond motifs is 1. The standard InChI is InChI=1S/C16H21NO2/c1-2-16(7-3-8-17-11-16)15(18)13-4-5-14-12(10-13)6-9-19-14/h4-5,10,17H,2-3,6-9,11H2,1H3. The summed E-state index contributed by atoms with van der Waals surface area (Å²) in [6.45, 7) is 4.72. The molecule has 0 aliphatic carbocycles. The second-order valence-electron chi connectivity index (χ2n) is 5.66. The van der Waals surface area contributed by atoms with Crippen molar-refractivity contribution in [2.75, 3.05) is 19.7 Å². The molecule has 0 spiro atoms. The number of nitrogens with one attached hydrogen (secondary N) is 1. The predicted molar refractivity (Wildman–Crippen MR) is 74.8 cm³/mol. The largest absolute Gasteiger partial charge is 0.493 e. The van der Waals surface area contributed by atoms with Gasteiger partial charge in [0.05, 0.1) is 6.61 Å². The Hall–Kier alpha value is -1.35. The molecule has 3 nitrogen and oxygen atoms in total. The zero-order valence-electron chi connectivity index (χ0n) is 11.5. The van der Waals surface area contributed by atoms with Gasteiger partial charge in [-0.25, -0.2) is 0 Å². The molecular weight excluding hydrogens is 238 g/mol. The summed E-state index contributed by atoms with van der Waals surface area (Å²) in [5.74, 6) is 1.25. The van der Waals surface area contributed by atoms with Gasteiger partial charge in [-0.1, -0.05) is 6.92 Å². The Morgan fingerprint density at radius 2 is 2.37 bits per heavy atom. The average molecular weight is 259 g/mol. The Balaban J connectivity index is 1.90. The first-order valence-electron chi connectivity index (χ1n) is 7.26. The van der Waals surface area contributed by atoms with E-state index in [1.165, 1.54) is 5.56 Å². The predicted octanol–water partition coefficient (Wildman–Crippen LogP) is 2.58. The molecule has 3 heteroatoms. The Labute approximate surface area is 114 Å². The number of piperidine rings is 1. The van der Waals surface area contributed by atoms with Crippen molar-refractivity contribution in [2.24, 2.45) is 5.41 Å². The molecule has 1 aromatic rings. The van der Waals surface area contributed by atoms with E-state index in [4.69, 9.17) is 4.74 Å². The van der Waals surface area contributed by atoms with E-state index in [1.54, 1.807) is 0 Å². The van der Waals surface area contributed by atoms with Crippen LogP contribution in [-0.4, -0.2) is 25.5 Å². The van der Waals surface area contributed by atoms with Gasteiger partial charge in [-0.2, -0.15) is 0 Å². The van der Waals surface area contributed by atoms with Crippen molar-refractivity contribution in [3.63, 3.8) is 0 Å². The first-order valence-corrected chi connectivity index (χ1v) is 7.26. The van der Waals surface area contributed by atoms with Gasteiger partial charge in [0.2, 0.25) is 0 Å². The lowest BCUT2D eigenvalue weighted by Gasteiger charge is -2.35. The third-order valence-corrected chi connectivity index (χ3v) is 4.58. The number of hydrogen-bond acceptors (Lipinski definition) is 3. The molecule has 1 fully saturated rings. The zero-order valence-corrected chi connectivity index (χ0v) is 11.5. The highest BCUT2D eigenvalue weighted by molar-refractivity contribution is 6.01. The lowest BCUT2D eigenvalue weighted by Crippen LogP contribution is -2.45. The molecule has 2 heterocycles. The molecule has 1 atom stereocenters. The summed E-state index contributed by atoms with van der Waals surface area (Å²) in [6, 6.07) is 5.92. The summed E-state index contributed by atoms with van der Waals surface area (Å²) in [5, 5.41) is 3.38. The molecule has 3 rings (SSSR count). The summed E-state index contributed by atoms with van der Waals surface area (Å²) < 4.78 is 5.51. The highest BCUT2D eigenvalue weighted by Crippen LogP contribution is 2.35. The average Bonchev–Trinajstić information content (AvgIpc) is 2.94. The fraction of sp³-hybridized carbons (Fsp3) is 0.562. The van der Waals surface area contributed by atoms with Gasteiger partial charge in [0.1, 0.15) is 5.75 Å². The summed E-state index contributed by atoms with van der Waals surface area (Å²) >= 11 is 0. The van der Waals surface area contributed by atoms with E-state index in [0.29, 0.717) is 5.78 Å². The number of benzene rings is 1. The van der Waals surface area contributed by atoms with Gasteiger partial charge < -0.3 is 10.1 Å². The second-order valence-corrected chi connectivity index (χ2v) is 5.66. The third kappa shape index (κ3) is 2.16. The van der Waals surface area contributed by atoms with E-state index in [2.05, 4.69) is 12.2 Å². The van der Waals surface area contributed by atoms with E-state index in [1.807, 2.05) is 18.2 Å². The summed E-state index contributed by atoms with van der Waals surface area (Å²) in [6.07, 6.45) is 3.93. The molecule has 0 amide bonds. The number of Topliss-reactive ketones (excluding diaryl/α,β-unsaturated/α-hetero) is 1. The number of rotatable bonds is 3. The van der Waals surface area contributed by atoms with Crippen molar-refractivity contribution >= 4 is 5.78 Å². The van der Waals surface area contributed by atoms with E-state index in [0.717, 1.165) is 56.7 Å². The molecule has 102 valence electrons. The van der Waals surface area contributed by atoms with Crippen molar-refractivity contribution in [3.8, 4) is 5.75 Å². The number of ketones is 1. The molecular formula is C16H21NO2. The minimum atomic E-state index is -0.202. The molecule has 2 aliphatic rings. The summed E-state index contributed by atoms with van der Waals surface area (Å²) in [7, 11) is 0. The topological polar surface area (TPSA) is 38.3 Å². The van der Waals surface area contributed by atoms with Crippen LogP contribution < -0.4 is 10.1 Å². The van der Waals surface area contributed by atoms with Gasteiger partial charge in [0.25, 0.3) is 0 Å². The molecule has 0 aromatic heterocycles. The first-order chi connectivity index (χ1) is 9.25. The lowest BCUT2D eigenvalue weighted by atomic mass is 9.72. The van der Waals surface area contributed by atoms with Crippen molar-refractivity contribution in [1.29, 1.82) is 0 Å². The SMILES string of the molecule is CCC1(C(=O)c2ccc3c(c2)CCO3)CCCNC1. The van der Waals surface area contributed by atoms with Crippen LogP contribution >= 0.6 is 0 Å². The van der Waals surface area contributed by atoms with Crippen LogP contribution in [0.5, 0.6) is 5.75 Å². The first kappa shape index (κ1) is 12.7. The van der Waals surface area contributed by atoms with Gasteiger partial charge >= 0.3 is 0 Å². The minimum absolute atomic E-state index is 0.202. The van der Waals surface area contributed by atoms with Gasteiger partial charge in [0, 0.05) is 23.9 Å². The van der Waals surface area contributed by atoms with E-state index < -0.39 is 0 Å². The van der Waals surface area contributed by atoms with Crippen LogP contribution in [0.1, 0.15) is 42.1 Å². The van der Waals surface area contributed by atoms with Crippen LogP contribution in [0.2, 0.25) is 0 Å². The zero-order chi connectivity index (χ0) is 13.3. The van der Waals surface area contributed by atoms with Gasteiger partial charge in [-0.3, -0.25) is 4.79 Å². The van der Waals surface area contributed by atoms with Crippen LogP contribution in [0.25, 0.3) is 0 Å². The second kappa shape index (κ2) is 4.97. The van der Waals surface area contributed by atoms with Gasteiger partial charge in [0.15, 0.2) is 5.78 Å². The molecule has 1 N–H and O–H groups in total. The van der Waals surface area contributed by atoms with Crippen LogP contribution in [0.3, 0.4) is 0 Å². The maximum Gasteiger partial charge on any atom is 0.170 e. The highest BCUT2D eigenvalue weighted by Gasteiger charge is 2.38. The normalized spacial score (nSPS) is 25.7. The number of carbonyl (C=O) groups is 1. The van der Waals surface area contributed by atoms with E-state index >= 15 is 0 Å². The van der Waals surface area contributed by atoms with Crippen LogP contribution in [0.15, 0.2) is 18.2 Å². The van der Waals surface area contributed by atoms with Crippen LogP contribution in [0.4, 0.5) is 0 Å². The van der Waals surface area contributed by atoms with E-state index in [9.17, 15) is 4.79 Å².